The molecule has 0 aliphatic rings. The molecule has 126 valence electrons. The third-order valence-corrected chi connectivity index (χ3v) is 5.81. The number of benzene rings is 1. The minimum absolute atomic E-state index is 0.112. The average molecular weight is 386 g/mol. The van der Waals surface area contributed by atoms with Crippen LogP contribution in [0.3, 0.4) is 0 Å². The van der Waals surface area contributed by atoms with E-state index in [1.807, 2.05) is 0 Å². The Kier molecular flexibility index (Phi) is 5.24. The molecule has 0 spiro atoms. The first kappa shape index (κ1) is 18.1. The van der Waals surface area contributed by atoms with Crippen molar-refractivity contribution in [2.45, 2.75) is 17.8 Å². The maximum atomic E-state index is 12.4. The van der Waals surface area contributed by atoms with Gasteiger partial charge in [0.1, 0.15) is 5.75 Å². The monoisotopic (exact) mass is 385 g/mol. The molecule has 0 saturated carbocycles. The second-order valence-corrected chi connectivity index (χ2v) is 8.33. The molecule has 0 fully saturated rings. The third kappa shape index (κ3) is 4.84. The van der Waals surface area contributed by atoms with Crippen LogP contribution in [0.5, 0.6) is 5.75 Å². The van der Waals surface area contributed by atoms with Crippen LogP contribution in [-0.2, 0) is 16.6 Å². The molecule has 0 aliphatic heterocycles. The molecule has 0 N–H and O–H groups in total. The van der Waals surface area contributed by atoms with Gasteiger partial charge in [-0.1, -0.05) is 11.6 Å². The Morgan fingerprint density at radius 3 is 2.26 bits per heavy atom. The molecule has 2 rings (SSSR count). The summed E-state index contributed by atoms with van der Waals surface area (Å²) in [7, 11) is -2.45. The van der Waals surface area contributed by atoms with E-state index in [9.17, 15) is 21.6 Å². The molecule has 1 aromatic carbocycles. The fraction of sp³-hybridized carbons (Fsp3) is 0.231. The maximum Gasteiger partial charge on any atom is 0.573 e. The second-order valence-electron chi connectivity index (χ2n) is 4.49. The standard InChI is InChI=1S/C13H11ClF3NO3S2/c1-18(8-10-4-7-12(14)22-10)23(19,20)11-5-2-9(3-6-11)21-13(15,16)17/h2-7H,8H2,1H3. The minimum Gasteiger partial charge on any atom is -0.406 e. The fourth-order valence-corrected chi connectivity index (χ4v) is 4.11. The average Bonchev–Trinajstić information content (AvgIpc) is 2.83. The molecule has 0 amide bonds. The van der Waals surface area contributed by atoms with Crippen molar-refractivity contribution in [3.05, 3.63) is 45.6 Å². The Bertz CT molecular complexity index is 773. The number of thiophene rings is 1. The van der Waals surface area contributed by atoms with Gasteiger partial charge in [-0.3, -0.25) is 0 Å². The van der Waals surface area contributed by atoms with Gasteiger partial charge >= 0.3 is 6.36 Å². The van der Waals surface area contributed by atoms with Gasteiger partial charge in [0, 0.05) is 18.5 Å². The van der Waals surface area contributed by atoms with Crippen molar-refractivity contribution in [3.63, 3.8) is 0 Å². The van der Waals surface area contributed by atoms with E-state index in [0.29, 0.717) is 4.34 Å². The van der Waals surface area contributed by atoms with E-state index >= 15 is 0 Å². The number of sulfonamides is 1. The fourth-order valence-electron chi connectivity index (χ4n) is 1.73. The summed E-state index contributed by atoms with van der Waals surface area (Å²) < 4.78 is 66.4. The van der Waals surface area contributed by atoms with Crippen molar-refractivity contribution in [2.24, 2.45) is 0 Å². The van der Waals surface area contributed by atoms with Gasteiger partial charge in [0.2, 0.25) is 10.0 Å². The number of nitrogens with zero attached hydrogens (tertiary/aromatic N) is 1. The van der Waals surface area contributed by atoms with Crippen LogP contribution >= 0.6 is 22.9 Å². The molecule has 1 heterocycles. The van der Waals surface area contributed by atoms with Crippen molar-refractivity contribution in [1.29, 1.82) is 0 Å². The summed E-state index contributed by atoms with van der Waals surface area (Å²) in [6, 6.07) is 7.40. The Labute approximate surface area is 140 Å². The van der Waals surface area contributed by atoms with Crippen molar-refractivity contribution in [3.8, 4) is 5.75 Å². The lowest BCUT2D eigenvalue weighted by atomic mass is 10.3. The van der Waals surface area contributed by atoms with E-state index in [0.717, 1.165) is 33.4 Å². The van der Waals surface area contributed by atoms with E-state index in [2.05, 4.69) is 4.74 Å². The van der Waals surface area contributed by atoms with Crippen LogP contribution in [0.2, 0.25) is 4.34 Å². The van der Waals surface area contributed by atoms with Crippen LogP contribution in [-0.4, -0.2) is 26.1 Å². The van der Waals surface area contributed by atoms with Gasteiger partial charge in [0.25, 0.3) is 0 Å². The van der Waals surface area contributed by atoms with Gasteiger partial charge in [-0.15, -0.1) is 24.5 Å². The van der Waals surface area contributed by atoms with Crippen LogP contribution in [0.15, 0.2) is 41.3 Å². The number of hydrogen-bond donors (Lipinski definition) is 0. The summed E-state index contributed by atoms with van der Waals surface area (Å²) in [4.78, 5) is 0.621. The first-order valence-corrected chi connectivity index (χ1v) is 8.78. The first-order chi connectivity index (χ1) is 10.6. The summed E-state index contributed by atoms with van der Waals surface area (Å²) in [6.07, 6.45) is -4.82. The Balaban J connectivity index is 2.15. The van der Waals surface area contributed by atoms with Crippen LogP contribution in [0, 0.1) is 0 Å². The zero-order chi connectivity index (χ0) is 17.3. The van der Waals surface area contributed by atoms with Gasteiger partial charge < -0.3 is 4.74 Å². The molecule has 0 unspecified atom stereocenters. The van der Waals surface area contributed by atoms with Crippen molar-refractivity contribution >= 4 is 33.0 Å². The molecule has 0 bridgehead atoms. The van der Waals surface area contributed by atoms with Crippen LogP contribution in [0.4, 0.5) is 13.2 Å². The molecule has 2 aromatic rings. The summed E-state index contributed by atoms with van der Waals surface area (Å²) in [5, 5.41) is 0. The third-order valence-electron chi connectivity index (χ3n) is 2.77. The zero-order valence-corrected chi connectivity index (χ0v) is 14.1. The lowest BCUT2D eigenvalue weighted by Crippen LogP contribution is -2.26. The lowest BCUT2D eigenvalue weighted by Gasteiger charge is -2.16. The van der Waals surface area contributed by atoms with E-state index in [-0.39, 0.29) is 11.4 Å². The van der Waals surface area contributed by atoms with Crippen LogP contribution in [0.25, 0.3) is 0 Å². The normalized spacial score (nSPS) is 12.6. The van der Waals surface area contributed by atoms with E-state index in [1.54, 1.807) is 12.1 Å². The molecule has 23 heavy (non-hydrogen) atoms. The molecule has 0 aliphatic carbocycles. The van der Waals surface area contributed by atoms with Gasteiger partial charge in [0.15, 0.2) is 0 Å². The van der Waals surface area contributed by atoms with Crippen molar-refractivity contribution in [1.82, 2.24) is 4.31 Å². The van der Waals surface area contributed by atoms with Crippen LogP contribution in [0.1, 0.15) is 4.88 Å². The van der Waals surface area contributed by atoms with Crippen LogP contribution < -0.4 is 4.74 Å². The summed E-state index contributed by atoms with van der Waals surface area (Å²) in [5.41, 5.74) is 0. The molecule has 0 radical (unpaired) electrons. The summed E-state index contributed by atoms with van der Waals surface area (Å²) in [5.74, 6) is -0.482. The second kappa shape index (κ2) is 6.68. The topological polar surface area (TPSA) is 46.6 Å². The largest absolute Gasteiger partial charge is 0.573 e. The molecular weight excluding hydrogens is 375 g/mol. The Hall–Kier alpha value is -1.29. The molecule has 4 nitrogen and oxygen atoms in total. The van der Waals surface area contributed by atoms with E-state index in [1.165, 1.54) is 18.4 Å². The molecule has 0 atom stereocenters. The predicted molar refractivity (Wildman–Crippen MR) is 81.1 cm³/mol. The molecule has 1 aromatic heterocycles. The van der Waals surface area contributed by atoms with Gasteiger partial charge in [-0.25, -0.2) is 8.42 Å². The number of hydrogen-bond acceptors (Lipinski definition) is 4. The lowest BCUT2D eigenvalue weighted by molar-refractivity contribution is -0.274. The number of alkyl halides is 3. The van der Waals surface area contributed by atoms with Crippen molar-refractivity contribution in [2.75, 3.05) is 7.05 Å². The zero-order valence-electron chi connectivity index (χ0n) is 11.7. The predicted octanol–water partition coefficient (Wildman–Crippen LogP) is 4.12. The molecule has 10 heteroatoms. The van der Waals surface area contributed by atoms with Gasteiger partial charge in [-0.2, -0.15) is 4.31 Å². The number of halogens is 4. The highest BCUT2D eigenvalue weighted by molar-refractivity contribution is 7.89. The number of ether oxygens (including phenoxy) is 1. The highest BCUT2D eigenvalue weighted by Crippen LogP contribution is 2.27. The molecular formula is C13H11ClF3NO3S2. The number of rotatable bonds is 5. The Morgan fingerprint density at radius 1 is 1.17 bits per heavy atom. The van der Waals surface area contributed by atoms with Crippen molar-refractivity contribution < 1.29 is 26.3 Å². The highest BCUT2D eigenvalue weighted by Gasteiger charge is 2.31. The maximum absolute atomic E-state index is 12.4. The first-order valence-electron chi connectivity index (χ1n) is 6.14. The minimum atomic E-state index is -4.82. The summed E-state index contributed by atoms with van der Waals surface area (Å²) in [6.45, 7) is 0.112. The quantitative estimate of drug-likeness (QED) is 0.777. The van der Waals surface area contributed by atoms with Gasteiger partial charge in [0.05, 0.1) is 9.23 Å². The summed E-state index contributed by atoms with van der Waals surface area (Å²) >= 11 is 7.04. The van der Waals surface area contributed by atoms with Gasteiger partial charge in [-0.05, 0) is 36.4 Å². The van der Waals surface area contributed by atoms with E-state index in [4.69, 9.17) is 11.6 Å². The van der Waals surface area contributed by atoms with E-state index < -0.39 is 22.1 Å². The SMILES string of the molecule is CN(Cc1ccc(Cl)s1)S(=O)(=O)c1ccc(OC(F)(F)F)cc1. The Morgan fingerprint density at radius 2 is 1.78 bits per heavy atom. The molecule has 0 saturated heterocycles. The highest BCUT2D eigenvalue weighted by atomic mass is 35.5. The smallest absolute Gasteiger partial charge is 0.406 e.